The van der Waals surface area contributed by atoms with E-state index in [1.54, 1.807) is 42.5 Å². The standard InChI is InChI=1S/C29H39ClO5/c1-4-6-7-8-9-10-11-14-19-33-23-17-18-24(26(30)20-23)29(32)35-27-16-13-12-15-25(27)28(31)34-21-22(3)5-2/h12-13,15-18,20,22H,4-11,14,19,21H2,1-3H3/t22-/m0/s1. The van der Waals surface area contributed by atoms with E-state index in [1.807, 2.05) is 13.8 Å². The van der Waals surface area contributed by atoms with Crippen LogP contribution in [0.2, 0.25) is 5.02 Å². The number of benzene rings is 2. The predicted octanol–water partition coefficient (Wildman–Crippen LogP) is 8.28. The zero-order valence-corrected chi connectivity index (χ0v) is 22.1. The summed E-state index contributed by atoms with van der Waals surface area (Å²) in [6.45, 7) is 7.19. The van der Waals surface area contributed by atoms with Crippen LogP contribution in [0.25, 0.3) is 0 Å². The number of para-hydroxylation sites is 1. The topological polar surface area (TPSA) is 61.8 Å². The average Bonchev–Trinajstić information content (AvgIpc) is 2.86. The fourth-order valence-corrected chi connectivity index (χ4v) is 3.72. The van der Waals surface area contributed by atoms with Gasteiger partial charge in [-0.3, -0.25) is 0 Å². The summed E-state index contributed by atoms with van der Waals surface area (Å²) in [5, 5.41) is 0.236. The first kappa shape index (κ1) is 28.7. The average molecular weight is 503 g/mol. The number of hydrogen-bond donors (Lipinski definition) is 0. The fraction of sp³-hybridized carbons (Fsp3) is 0.517. The molecule has 2 aromatic rings. The summed E-state index contributed by atoms with van der Waals surface area (Å²) in [5.41, 5.74) is 0.402. The molecule has 1 atom stereocenters. The SMILES string of the molecule is CCCCCCCCCCOc1ccc(C(=O)Oc2ccccc2C(=O)OC[C@@H](C)CC)c(Cl)c1. The number of carbonyl (C=O) groups excluding carboxylic acids is 2. The van der Waals surface area contributed by atoms with Crippen LogP contribution in [0.1, 0.15) is 99.3 Å². The Morgan fingerprint density at radius 1 is 0.857 bits per heavy atom. The molecule has 0 aliphatic rings. The van der Waals surface area contributed by atoms with Gasteiger partial charge in [0, 0.05) is 0 Å². The van der Waals surface area contributed by atoms with Gasteiger partial charge < -0.3 is 14.2 Å². The molecule has 0 amide bonds. The Kier molecular flexibility index (Phi) is 13.3. The maximum absolute atomic E-state index is 12.8. The van der Waals surface area contributed by atoms with E-state index >= 15 is 0 Å². The van der Waals surface area contributed by atoms with E-state index in [-0.39, 0.29) is 27.8 Å². The third-order valence-corrected chi connectivity index (χ3v) is 6.25. The van der Waals surface area contributed by atoms with Crippen molar-refractivity contribution < 1.29 is 23.8 Å². The molecular formula is C29H39ClO5. The molecule has 0 saturated carbocycles. The maximum Gasteiger partial charge on any atom is 0.345 e. The largest absolute Gasteiger partial charge is 0.494 e. The van der Waals surface area contributed by atoms with Crippen LogP contribution in [0.15, 0.2) is 42.5 Å². The highest BCUT2D eigenvalue weighted by atomic mass is 35.5. The van der Waals surface area contributed by atoms with Crippen molar-refractivity contribution in [2.24, 2.45) is 5.92 Å². The van der Waals surface area contributed by atoms with Crippen molar-refractivity contribution >= 4 is 23.5 Å². The Morgan fingerprint density at radius 2 is 1.54 bits per heavy atom. The van der Waals surface area contributed by atoms with Crippen molar-refractivity contribution in [3.05, 3.63) is 58.6 Å². The smallest absolute Gasteiger partial charge is 0.345 e. The predicted molar refractivity (Wildman–Crippen MR) is 141 cm³/mol. The Hall–Kier alpha value is -2.53. The normalized spacial score (nSPS) is 11.7. The summed E-state index contributed by atoms with van der Waals surface area (Å²) in [7, 11) is 0. The third kappa shape index (κ3) is 10.3. The van der Waals surface area contributed by atoms with E-state index in [9.17, 15) is 9.59 Å². The Morgan fingerprint density at radius 3 is 2.23 bits per heavy atom. The summed E-state index contributed by atoms with van der Waals surface area (Å²) in [6.07, 6.45) is 10.8. The molecule has 0 aliphatic heterocycles. The lowest BCUT2D eigenvalue weighted by atomic mass is 10.1. The number of carbonyl (C=O) groups is 2. The lowest BCUT2D eigenvalue weighted by Crippen LogP contribution is -2.15. The molecule has 192 valence electrons. The van der Waals surface area contributed by atoms with E-state index in [0.717, 1.165) is 19.3 Å². The summed E-state index contributed by atoms with van der Waals surface area (Å²) >= 11 is 6.34. The van der Waals surface area contributed by atoms with E-state index < -0.39 is 11.9 Å². The van der Waals surface area contributed by atoms with Crippen LogP contribution in [0.4, 0.5) is 0 Å². The van der Waals surface area contributed by atoms with Gasteiger partial charge >= 0.3 is 11.9 Å². The van der Waals surface area contributed by atoms with E-state index in [1.165, 1.54) is 38.5 Å². The minimum absolute atomic E-state index is 0.137. The van der Waals surface area contributed by atoms with Gasteiger partial charge in [-0.2, -0.15) is 0 Å². The van der Waals surface area contributed by atoms with Crippen LogP contribution in [0.5, 0.6) is 11.5 Å². The number of rotatable bonds is 16. The summed E-state index contributed by atoms with van der Waals surface area (Å²) in [6, 6.07) is 11.4. The molecule has 0 fully saturated rings. The summed E-state index contributed by atoms with van der Waals surface area (Å²) in [5.74, 6) is -0.165. The Balaban J connectivity index is 1.86. The molecule has 0 aliphatic carbocycles. The van der Waals surface area contributed by atoms with Gasteiger partial charge in [0.2, 0.25) is 0 Å². The lowest BCUT2D eigenvalue weighted by Gasteiger charge is -2.13. The monoisotopic (exact) mass is 502 g/mol. The first-order chi connectivity index (χ1) is 17.0. The van der Waals surface area contributed by atoms with Gasteiger partial charge in [0.1, 0.15) is 17.1 Å². The molecule has 0 aromatic heterocycles. The first-order valence-electron chi connectivity index (χ1n) is 12.9. The fourth-order valence-electron chi connectivity index (χ4n) is 3.47. The van der Waals surface area contributed by atoms with Crippen LogP contribution in [-0.4, -0.2) is 25.2 Å². The molecule has 0 N–H and O–H groups in total. The second kappa shape index (κ2) is 16.2. The van der Waals surface area contributed by atoms with E-state index in [2.05, 4.69) is 6.92 Å². The van der Waals surface area contributed by atoms with E-state index in [4.69, 9.17) is 25.8 Å². The molecule has 2 rings (SSSR count). The van der Waals surface area contributed by atoms with Gasteiger partial charge in [0.15, 0.2) is 0 Å². The molecule has 0 spiro atoms. The number of hydrogen-bond acceptors (Lipinski definition) is 5. The molecule has 0 saturated heterocycles. The molecule has 0 bridgehead atoms. The minimum Gasteiger partial charge on any atom is -0.494 e. The molecular weight excluding hydrogens is 464 g/mol. The van der Waals surface area contributed by atoms with Gasteiger partial charge in [-0.1, -0.05) is 95.9 Å². The maximum atomic E-state index is 12.8. The summed E-state index contributed by atoms with van der Waals surface area (Å²) < 4.78 is 16.7. The van der Waals surface area contributed by atoms with Crippen molar-refractivity contribution in [2.75, 3.05) is 13.2 Å². The van der Waals surface area contributed by atoms with Crippen molar-refractivity contribution in [2.45, 2.75) is 78.6 Å². The molecule has 35 heavy (non-hydrogen) atoms. The number of unbranched alkanes of at least 4 members (excludes halogenated alkanes) is 7. The van der Waals surface area contributed by atoms with E-state index in [0.29, 0.717) is 19.0 Å². The zero-order valence-electron chi connectivity index (χ0n) is 21.3. The van der Waals surface area contributed by atoms with Crippen LogP contribution in [0, 0.1) is 5.92 Å². The van der Waals surface area contributed by atoms with Crippen LogP contribution >= 0.6 is 11.6 Å². The van der Waals surface area contributed by atoms with Gasteiger partial charge in [-0.05, 0) is 42.7 Å². The quantitative estimate of drug-likeness (QED) is 0.131. The third-order valence-electron chi connectivity index (χ3n) is 5.93. The zero-order chi connectivity index (χ0) is 25.5. The highest BCUT2D eigenvalue weighted by molar-refractivity contribution is 6.33. The van der Waals surface area contributed by atoms with Crippen molar-refractivity contribution in [3.63, 3.8) is 0 Å². The number of halogens is 1. The molecule has 0 unspecified atom stereocenters. The van der Waals surface area contributed by atoms with Gasteiger partial charge in [-0.15, -0.1) is 0 Å². The van der Waals surface area contributed by atoms with Gasteiger partial charge in [-0.25, -0.2) is 9.59 Å². The van der Waals surface area contributed by atoms with Crippen LogP contribution in [0.3, 0.4) is 0 Å². The van der Waals surface area contributed by atoms with Crippen molar-refractivity contribution in [1.82, 2.24) is 0 Å². The number of ether oxygens (including phenoxy) is 3. The minimum atomic E-state index is -0.646. The first-order valence-corrected chi connectivity index (χ1v) is 13.2. The molecule has 6 heteroatoms. The van der Waals surface area contributed by atoms with Gasteiger partial charge in [0.05, 0.1) is 23.8 Å². The van der Waals surface area contributed by atoms with Crippen molar-refractivity contribution in [1.29, 1.82) is 0 Å². The second-order valence-corrected chi connectivity index (χ2v) is 9.37. The highest BCUT2D eigenvalue weighted by Gasteiger charge is 2.19. The number of esters is 2. The van der Waals surface area contributed by atoms with Crippen molar-refractivity contribution in [3.8, 4) is 11.5 Å². The second-order valence-electron chi connectivity index (χ2n) is 8.96. The highest BCUT2D eigenvalue weighted by Crippen LogP contribution is 2.26. The van der Waals surface area contributed by atoms with Crippen LogP contribution in [-0.2, 0) is 4.74 Å². The van der Waals surface area contributed by atoms with Crippen LogP contribution < -0.4 is 9.47 Å². The molecule has 0 heterocycles. The molecule has 0 radical (unpaired) electrons. The lowest BCUT2D eigenvalue weighted by molar-refractivity contribution is 0.0442. The van der Waals surface area contributed by atoms with Gasteiger partial charge in [0.25, 0.3) is 0 Å². The Bertz CT molecular complexity index is 927. The molecule has 2 aromatic carbocycles. The summed E-state index contributed by atoms with van der Waals surface area (Å²) in [4.78, 5) is 25.2. The Labute approximate surface area is 215 Å². The molecule has 5 nitrogen and oxygen atoms in total.